The Hall–Kier alpha value is -3.65. The van der Waals surface area contributed by atoms with Gasteiger partial charge in [0.05, 0.1) is 11.8 Å². The van der Waals surface area contributed by atoms with E-state index in [0.29, 0.717) is 0 Å². The second kappa shape index (κ2) is 6.58. The molecule has 0 aliphatic rings. The van der Waals surface area contributed by atoms with Gasteiger partial charge in [-0.15, -0.1) is 0 Å². The van der Waals surface area contributed by atoms with Crippen molar-refractivity contribution in [2.75, 3.05) is 0 Å². The molecule has 6 aromatic rings. The summed E-state index contributed by atoms with van der Waals surface area (Å²) in [6.07, 6.45) is 3.54. The molecular formula is C25H17NO. The van der Waals surface area contributed by atoms with Crippen molar-refractivity contribution in [3.63, 3.8) is 0 Å². The lowest BCUT2D eigenvalue weighted by atomic mass is 10.0. The molecule has 0 saturated carbocycles. The second-order valence-electron chi connectivity index (χ2n) is 6.55. The van der Waals surface area contributed by atoms with Gasteiger partial charge in [-0.3, -0.25) is 4.98 Å². The fraction of sp³-hybridized carbons (Fsp3) is 0. The number of furan rings is 1. The standard InChI is InChI=1S/C17H11N.C8H6O/c1-2-5-13-9-16-11-17-14(6-3-7-18-17)10-15(16)8-12(13)4-1;1-2-4-8-7(3-1)5-6-9-8/h1-11H;1-6H. The lowest BCUT2D eigenvalue weighted by molar-refractivity contribution is 0.616. The molecule has 2 nitrogen and oxygen atoms in total. The van der Waals surface area contributed by atoms with Crippen molar-refractivity contribution in [2.24, 2.45) is 0 Å². The first-order valence-electron chi connectivity index (χ1n) is 8.96. The van der Waals surface area contributed by atoms with E-state index in [9.17, 15) is 0 Å². The first-order valence-corrected chi connectivity index (χ1v) is 8.96. The van der Waals surface area contributed by atoms with Crippen molar-refractivity contribution in [2.45, 2.75) is 0 Å². The molecule has 0 aliphatic carbocycles. The fourth-order valence-electron chi connectivity index (χ4n) is 3.42. The Morgan fingerprint density at radius 3 is 1.93 bits per heavy atom. The average Bonchev–Trinajstić information content (AvgIpc) is 3.20. The van der Waals surface area contributed by atoms with Crippen molar-refractivity contribution in [1.29, 1.82) is 0 Å². The first-order chi connectivity index (χ1) is 13.4. The predicted octanol–water partition coefficient (Wildman–Crippen LogP) is 6.97. The highest BCUT2D eigenvalue weighted by Gasteiger charge is 2.00. The van der Waals surface area contributed by atoms with Gasteiger partial charge in [-0.1, -0.05) is 48.5 Å². The highest BCUT2D eigenvalue weighted by Crippen LogP contribution is 2.26. The summed E-state index contributed by atoms with van der Waals surface area (Å²) < 4.78 is 5.12. The number of para-hydroxylation sites is 1. The molecule has 0 spiro atoms. The average molecular weight is 347 g/mol. The van der Waals surface area contributed by atoms with Crippen molar-refractivity contribution in [3.05, 3.63) is 103 Å². The molecule has 2 aromatic heterocycles. The quantitative estimate of drug-likeness (QED) is 0.277. The van der Waals surface area contributed by atoms with Gasteiger partial charge in [0.2, 0.25) is 0 Å². The molecule has 0 fully saturated rings. The van der Waals surface area contributed by atoms with Gasteiger partial charge in [-0.05, 0) is 64.0 Å². The van der Waals surface area contributed by atoms with Crippen molar-refractivity contribution in [3.8, 4) is 0 Å². The second-order valence-corrected chi connectivity index (χ2v) is 6.55. The van der Waals surface area contributed by atoms with Crippen molar-refractivity contribution >= 4 is 43.4 Å². The number of rotatable bonds is 0. The van der Waals surface area contributed by atoms with Gasteiger partial charge in [-0.25, -0.2) is 0 Å². The third-order valence-electron chi connectivity index (χ3n) is 4.79. The molecule has 0 atom stereocenters. The summed E-state index contributed by atoms with van der Waals surface area (Å²) in [7, 11) is 0. The maximum atomic E-state index is 5.12. The first kappa shape index (κ1) is 15.6. The van der Waals surface area contributed by atoms with Crippen LogP contribution in [0.4, 0.5) is 0 Å². The van der Waals surface area contributed by atoms with Gasteiger partial charge in [-0.2, -0.15) is 0 Å². The molecule has 4 aromatic carbocycles. The third-order valence-corrected chi connectivity index (χ3v) is 4.79. The Kier molecular flexibility index (Phi) is 3.80. The molecule has 0 saturated heterocycles. The van der Waals surface area contributed by atoms with E-state index in [1.807, 2.05) is 42.6 Å². The van der Waals surface area contributed by atoms with E-state index < -0.39 is 0 Å². The minimum atomic E-state index is 0.956. The van der Waals surface area contributed by atoms with E-state index in [2.05, 4.69) is 59.6 Å². The third kappa shape index (κ3) is 3.02. The number of pyridine rings is 1. The Bertz CT molecular complexity index is 1210. The van der Waals surface area contributed by atoms with Crippen LogP contribution in [0.1, 0.15) is 0 Å². The summed E-state index contributed by atoms with van der Waals surface area (Å²) >= 11 is 0. The van der Waals surface area contributed by atoms with E-state index >= 15 is 0 Å². The molecule has 0 radical (unpaired) electrons. The number of aromatic nitrogens is 1. The van der Waals surface area contributed by atoms with E-state index in [1.54, 1.807) is 6.26 Å². The Morgan fingerprint density at radius 1 is 0.519 bits per heavy atom. The summed E-state index contributed by atoms with van der Waals surface area (Å²) in [6.45, 7) is 0. The molecule has 0 N–H and O–H groups in total. The topological polar surface area (TPSA) is 26.0 Å². The van der Waals surface area contributed by atoms with Gasteiger partial charge in [0.1, 0.15) is 5.58 Å². The fourth-order valence-corrected chi connectivity index (χ4v) is 3.42. The largest absolute Gasteiger partial charge is 0.464 e. The molecule has 2 heteroatoms. The summed E-state index contributed by atoms with van der Waals surface area (Å²) in [6, 6.07) is 31.3. The van der Waals surface area contributed by atoms with Gasteiger partial charge in [0.25, 0.3) is 0 Å². The van der Waals surface area contributed by atoms with E-state index in [1.165, 1.54) is 26.9 Å². The van der Waals surface area contributed by atoms with Crippen LogP contribution in [0.3, 0.4) is 0 Å². The molecular weight excluding hydrogens is 330 g/mol. The minimum Gasteiger partial charge on any atom is -0.464 e. The van der Waals surface area contributed by atoms with Crippen LogP contribution in [0.5, 0.6) is 0 Å². The van der Waals surface area contributed by atoms with E-state index in [4.69, 9.17) is 4.42 Å². The molecule has 2 heterocycles. The maximum absolute atomic E-state index is 5.12. The summed E-state index contributed by atoms with van der Waals surface area (Å²) in [5.74, 6) is 0. The number of hydrogen-bond donors (Lipinski definition) is 0. The molecule has 6 rings (SSSR count). The number of benzene rings is 4. The number of hydrogen-bond acceptors (Lipinski definition) is 2. The summed E-state index contributed by atoms with van der Waals surface area (Å²) in [5.41, 5.74) is 2.01. The van der Waals surface area contributed by atoms with Crippen LogP contribution in [0.2, 0.25) is 0 Å². The monoisotopic (exact) mass is 347 g/mol. The van der Waals surface area contributed by atoms with Crippen LogP contribution in [0.25, 0.3) is 43.4 Å². The predicted molar refractivity (Wildman–Crippen MR) is 113 cm³/mol. The van der Waals surface area contributed by atoms with Crippen molar-refractivity contribution in [1.82, 2.24) is 4.98 Å². The summed E-state index contributed by atoms with van der Waals surface area (Å²) in [4.78, 5) is 4.41. The molecule has 128 valence electrons. The van der Waals surface area contributed by atoms with Crippen LogP contribution in [-0.2, 0) is 0 Å². The van der Waals surface area contributed by atoms with Crippen LogP contribution in [0, 0.1) is 0 Å². The lowest BCUT2D eigenvalue weighted by Gasteiger charge is -2.04. The van der Waals surface area contributed by atoms with E-state index in [0.717, 1.165) is 16.5 Å². The van der Waals surface area contributed by atoms with Gasteiger partial charge >= 0.3 is 0 Å². The molecule has 0 unspecified atom stereocenters. The molecule has 0 bridgehead atoms. The molecule has 0 aliphatic heterocycles. The van der Waals surface area contributed by atoms with Gasteiger partial charge in [0.15, 0.2) is 0 Å². The van der Waals surface area contributed by atoms with Crippen LogP contribution < -0.4 is 0 Å². The van der Waals surface area contributed by atoms with E-state index in [-0.39, 0.29) is 0 Å². The summed E-state index contributed by atoms with van der Waals surface area (Å²) in [5, 5.41) is 7.44. The maximum Gasteiger partial charge on any atom is 0.133 e. The zero-order valence-corrected chi connectivity index (χ0v) is 14.7. The van der Waals surface area contributed by atoms with Crippen LogP contribution in [-0.4, -0.2) is 4.98 Å². The highest BCUT2D eigenvalue weighted by molar-refractivity contribution is 6.03. The lowest BCUT2D eigenvalue weighted by Crippen LogP contribution is -1.80. The zero-order chi connectivity index (χ0) is 18.1. The number of fused-ring (bicyclic) bond motifs is 4. The Balaban J connectivity index is 0.000000149. The Morgan fingerprint density at radius 2 is 1.15 bits per heavy atom. The highest BCUT2D eigenvalue weighted by atomic mass is 16.3. The minimum absolute atomic E-state index is 0.956. The molecule has 0 amide bonds. The smallest absolute Gasteiger partial charge is 0.133 e. The van der Waals surface area contributed by atoms with Crippen molar-refractivity contribution < 1.29 is 4.42 Å². The zero-order valence-electron chi connectivity index (χ0n) is 14.7. The molecule has 27 heavy (non-hydrogen) atoms. The van der Waals surface area contributed by atoms with Crippen LogP contribution in [0.15, 0.2) is 108 Å². The van der Waals surface area contributed by atoms with Gasteiger partial charge < -0.3 is 4.42 Å². The van der Waals surface area contributed by atoms with Gasteiger partial charge in [0, 0.05) is 17.0 Å². The number of nitrogens with zero attached hydrogens (tertiary/aromatic N) is 1. The SMILES string of the molecule is c1ccc2cc3cc4ncccc4cc3cc2c1.c1ccc2occc2c1. The normalized spacial score (nSPS) is 11.0. The van der Waals surface area contributed by atoms with Crippen LogP contribution >= 0.6 is 0 Å². The Labute approximate surface area is 156 Å².